The maximum absolute atomic E-state index is 13.7. The van der Waals surface area contributed by atoms with E-state index in [0.29, 0.717) is 34.3 Å². The van der Waals surface area contributed by atoms with Crippen molar-refractivity contribution in [1.29, 1.82) is 0 Å². The number of nitrogens with zero attached hydrogens (tertiary/aromatic N) is 2. The fraction of sp³-hybridized carbons (Fsp3) is 0.0667. The van der Waals surface area contributed by atoms with Crippen LogP contribution in [-0.4, -0.2) is 25.5 Å². The monoisotopic (exact) mass is 522 g/mol. The molecule has 0 spiro atoms. The highest BCUT2D eigenvalue weighted by molar-refractivity contribution is 7.14. The van der Waals surface area contributed by atoms with Crippen LogP contribution in [0.3, 0.4) is 0 Å². The molecule has 0 saturated carbocycles. The van der Waals surface area contributed by atoms with Gasteiger partial charge in [0.05, 0.1) is 11.3 Å². The van der Waals surface area contributed by atoms with Gasteiger partial charge < -0.3 is 19.4 Å². The number of furan rings is 1. The number of thiazole rings is 1. The van der Waals surface area contributed by atoms with Crippen LogP contribution in [0.1, 0.15) is 26.6 Å². The molecule has 188 valence electrons. The summed E-state index contributed by atoms with van der Waals surface area (Å²) in [5, 5.41) is 23.2. The van der Waals surface area contributed by atoms with Crippen LogP contribution < -0.4 is 4.74 Å². The molecule has 0 aliphatic heterocycles. The Morgan fingerprint density at radius 2 is 1.74 bits per heavy atom. The van der Waals surface area contributed by atoms with Gasteiger partial charge in [0.2, 0.25) is 11.7 Å². The van der Waals surface area contributed by atoms with Gasteiger partial charge in [-0.2, -0.15) is 0 Å². The Kier molecular flexibility index (Phi) is 5.94. The topological polar surface area (TPSA) is 97.7 Å². The summed E-state index contributed by atoms with van der Waals surface area (Å²) in [5.41, 5.74) is 2.40. The van der Waals surface area contributed by atoms with Crippen LogP contribution in [0, 0.1) is 6.92 Å². The Bertz CT molecular complexity index is 1730. The summed E-state index contributed by atoms with van der Waals surface area (Å²) < 4.78 is 13.1. The lowest BCUT2D eigenvalue weighted by atomic mass is 10.0. The molecule has 0 saturated heterocycles. The second-order valence-corrected chi connectivity index (χ2v) is 9.97. The molecule has 7 nitrogen and oxygen atoms in total. The van der Waals surface area contributed by atoms with Gasteiger partial charge in [-0.05, 0) is 54.4 Å². The van der Waals surface area contributed by atoms with Crippen molar-refractivity contribution in [2.24, 2.45) is 0 Å². The molecule has 0 aliphatic carbocycles. The Labute approximate surface area is 221 Å². The SMILES string of the molecule is Cc1cnc(-n2c(O)c(O)c(C(=O)c3cc4ccccc4o3)c2-c2ccc(OCc3ccccc3)cc2)s1. The summed E-state index contributed by atoms with van der Waals surface area (Å²) >= 11 is 1.33. The van der Waals surface area contributed by atoms with Crippen LogP contribution in [0.4, 0.5) is 0 Å². The first-order valence-corrected chi connectivity index (χ1v) is 12.7. The highest BCUT2D eigenvalue weighted by Gasteiger charge is 2.32. The molecule has 38 heavy (non-hydrogen) atoms. The van der Waals surface area contributed by atoms with Crippen LogP contribution >= 0.6 is 11.3 Å². The predicted molar refractivity (Wildman–Crippen MR) is 145 cm³/mol. The Morgan fingerprint density at radius 3 is 2.45 bits per heavy atom. The van der Waals surface area contributed by atoms with E-state index in [0.717, 1.165) is 15.8 Å². The minimum absolute atomic E-state index is 0.0537. The van der Waals surface area contributed by atoms with E-state index in [1.165, 1.54) is 15.9 Å². The first kappa shape index (κ1) is 23.6. The number of aromatic nitrogens is 2. The number of para-hydroxylation sites is 1. The number of carbonyl (C=O) groups is 1. The average Bonchev–Trinajstić information content (AvgIpc) is 3.64. The zero-order valence-electron chi connectivity index (χ0n) is 20.3. The lowest BCUT2D eigenvalue weighted by molar-refractivity contribution is 0.101. The number of hydrogen-bond acceptors (Lipinski definition) is 7. The van der Waals surface area contributed by atoms with Crippen molar-refractivity contribution in [3.63, 3.8) is 0 Å². The van der Waals surface area contributed by atoms with Gasteiger partial charge in [0, 0.05) is 16.5 Å². The minimum Gasteiger partial charge on any atom is -0.503 e. The molecule has 6 rings (SSSR count). The van der Waals surface area contributed by atoms with Crippen LogP contribution in [0.2, 0.25) is 0 Å². The van der Waals surface area contributed by atoms with Gasteiger partial charge in [0.1, 0.15) is 17.9 Å². The smallest absolute Gasteiger partial charge is 0.242 e. The summed E-state index contributed by atoms with van der Waals surface area (Å²) in [6.45, 7) is 2.30. The number of rotatable bonds is 7. The Balaban J connectivity index is 1.44. The van der Waals surface area contributed by atoms with E-state index in [2.05, 4.69) is 4.98 Å². The quantitative estimate of drug-likeness (QED) is 0.222. The third-order valence-electron chi connectivity index (χ3n) is 6.17. The summed E-state index contributed by atoms with van der Waals surface area (Å²) in [7, 11) is 0. The van der Waals surface area contributed by atoms with Crippen molar-refractivity contribution in [3.8, 4) is 33.8 Å². The summed E-state index contributed by atoms with van der Waals surface area (Å²) in [5.74, 6) is -0.876. The van der Waals surface area contributed by atoms with Crippen molar-refractivity contribution >= 4 is 28.1 Å². The Morgan fingerprint density at radius 1 is 1.00 bits per heavy atom. The summed E-state index contributed by atoms with van der Waals surface area (Å²) in [4.78, 5) is 19.0. The largest absolute Gasteiger partial charge is 0.503 e. The molecule has 0 unspecified atom stereocenters. The number of hydrogen-bond donors (Lipinski definition) is 2. The lowest BCUT2D eigenvalue weighted by Gasteiger charge is -2.11. The van der Waals surface area contributed by atoms with Crippen molar-refractivity contribution in [2.45, 2.75) is 13.5 Å². The molecule has 8 heteroatoms. The molecule has 0 aliphatic rings. The van der Waals surface area contributed by atoms with Gasteiger partial charge in [-0.1, -0.05) is 48.5 Å². The molecule has 0 atom stereocenters. The van der Waals surface area contributed by atoms with Crippen molar-refractivity contribution in [1.82, 2.24) is 9.55 Å². The van der Waals surface area contributed by atoms with E-state index in [9.17, 15) is 15.0 Å². The first-order chi connectivity index (χ1) is 18.5. The number of benzene rings is 3. The van der Waals surface area contributed by atoms with Gasteiger partial charge in [0.15, 0.2) is 16.6 Å². The van der Waals surface area contributed by atoms with Gasteiger partial charge in [0.25, 0.3) is 0 Å². The molecule has 3 heterocycles. The molecule has 0 fully saturated rings. The second-order valence-electron chi connectivity index (χ2n) is 8.76. The third-order valence-corrected chi connectivity index (χ3v) is 7.07. The molecule has 2 N–H and O–H groups in total. The molecule has 0 radical (unpaired) electrons. The van der Waals surface area contributed by atoms with E-state index in [-0.39, 0.29) is 11.3 Å². The van der Waals surface area contributed by atoms with Crippen molar-refractivity contribution in [3.05, 3.63) is 113 Å². The van der Waals surface area contributed by atoms with E-state index in [1.807, 2.05) is 55.5 Å². The maximum Gasteiger partial charge on any atom is 0.242 e. The Hall–Kier alpha value is -4.82. The minimum atomic E-state index is -0.555. The molecular weight excluding hydrogens is 500 g/mol. The van der Waals surface area contributed by atoms with Crippen molar-refractivity contribution in [2.75, 3.05) is 0 Å². The molecule has 6 aromatic rings. The number of fused-ring (bicyclic) bond motifs is 1. The van der Waals surface area contributed by atoms with Gasteiger partial charge in [-0.15, -0.1) is 11.3 Å². The normalized spacial score (nSPS) is 11.2. The van der Waals surface area contributed by atoms with Crippen molar-refractivity contribution < 1.29 is 24.2 Å². The maximum atomic E-state index is 13.7. The average molecular weight is 523 g/mol. The standard InChI is InChI=1S/C30H22N2O5S/c1-18-16-31-30(38-18)32-26(20-11-13-22(14-12-20)36-17-19-7-3-2-4-8-19)25(28(34)29(32)35)27(33)24-15-21-9-5-6-10-23(21)37-24/h2-16,34-35H,17H2,1H3. The van der Waals surface area contributed by atoms with Crippen LogP contribution in [0.15, 0.2) is 95.5 Å². The number of aryl methyl sites for hydroxylation is 1. The summed E-state index contributed by atoms with van der Waals surface area (Å²) in [6.07, 6.45) is 1.67. The van der Waals surface area contributed by atoms with E-state index < -0.39 is 17.4 Å². The third kappa shape index (κ3) is 4.21. The fourth-order valence-corrected chi connectivity index (χ4v) is 5.10. The molecule has 3 aromatic carbocycles. The highest BCUT2D eigenvalue weighted by Crippen LogP contribution is 2.45. The predicted octanol–water partition coefficient (Wildman–Crippen LogP) is 6.88. The number of ketones is 1. The van der Waals surface area contributed by atoms with E-state index in [1.54, 1.807) is 42.6 Å². The van der Waals surface area contributed by atoms with E-state index in [4.69, 9.17) is 9.15 Å². The van der Waals surface area contributed by atoms with Gasteiger partial charge >= 0.3 is 0 Å². The zero-order chi connectivity index (χ0) is 26.2. The van der Waals surface area contributed by atoms with Gasteiger partial charge in [-0.3, -0.25) is 9.36 Å². The number of ether oxygens (including phenoxy) is 1. The van der Waals surface area contributed by atoms with E-state index >= 15 is 0 Å². The first-order valence-electron chi connectivity index (χ1n) is 11.9. The fourth-order valence-electron chi connectivity index (χ4n) is 4.34. The molecule has 3 aromatic heterocycles. The molecular formula is C30H22N2O5S. The van der Waals surface area contributed by atoms with Crippen LogP contribution in [0.5, 0.6) is 17.4 Å². The number of carbonyl (C=O) groups excluding carboxylic acids is 1. The highest BCUT2D eigenvalue weighted by atomic mass is 32.1. The molecule has 0 amide bonds. The molecule has 0 bridgehead atoms. The number of aromatic hydroxyl groups is 2. The zero-order valence-corrected chi connectivity index (χ0v) is 21.1. The lowest BCUT2D eigenvalue weighted by Crippen LogP contribution is -2.04. The van der Waals surface area contributed by atoms with Crippen LogP contribution in [0.25, 0.3) is 27.4 Å². The second kappa shape index (κ2) is 9.57. The van der Waals surface area contributed by atoms with Gasteiger partial charge in [-0.25, -0.2) is 4.98 Å². The van der Waals surface area contributed by atoms with Crippen LogP contribution in [-0.2, 0) is 6.61 Å². The summed E-state index contributed by atoms with van der Waals surface area (Å²) in [6, 6.07) is 25.9.